The van der Waals surface area contributed by atoms with E-state index >= 15 is 0 Å². The van der Waals surface area contributed by atoms with E-state index in [1.807, 2.05) is 42.5 Å². The lowest BCUT2D eigenvalue weighted by Crippen LogP contribution is -2.47. The summed E-state index contributed by atoms with van der Waals surface area (Å²) in [6.07, 6.45) is -0.798. The molecule has 29 heavy (non-hydrogen) atoms. The lowest BCUT2D eigenvalue weighted by molar-refractivity contribution is -0.384. The fourth-order valence-corrected chi connectivity index (χ4v) is 2.80. The summed E-state index contributed by atoms with van der Waals surface area (Å²) in [4.78, 5) is 34.5. The molecule has 2 amide bonds. The van der Waals surface area contributed by atoms with Gasteiger partial charge in [-0.2, -0.15) is 0 Å². The lowest BCUT2D eigenvalue weighted by atomic mass is 10.0. The van der Waals surface area contributed by atoms with Crippen molar-refractivity contribution in [3.63, 3.8) is 0 Å². The summed E-state index contributed by atoms with van der Waals surface area (Å²) in [6, 6.07) is 18.8. The topological polar surface area (TPSA) is 111 Å². The summed E-state index contributed by atoms with van der Waals surface area (Å²) in [7, 11) is 0. The van der Waals surface area contributed by atoms with Crippen LogP contribution in [0.15, 0.2) is 66.7 Å². The molecule has 3 aromatic rings. The quantitative estimate of drug-likeness (QED) is 0.494. The van der Waals surface area contributed by atoms with Crippen molar-refractivity contribution in [1.82, 2.24) is 10.9 Å². The minimum absolute atomic E-state index is 0.0739. The first-order valence-corrected chi connectivity index (χ1v) is 8.90. The van der Waals surface area contributed by atoms with Crippen LogP contribution in [0, 0.1) is 10.1 Å². The van der Waals surface area contributed by atoms with Crippen LogP contribution in [-0.4, -0.2) is 22.8 Å². The molecule has 1 atom stereocenters. The normalized spacial score (nSPS) is 11.5. The largest absolute Gasteiger partial charge is 0.481 e. The number of hydrogen-bond donors (Lipinski definition) is 2. The van der Waals surface area contributed by atoms with Gasteiger partial charge in [0.2, 0.25) is 5.91 Å². The molecule has 1 unspecified atom stereocenters. The smallest absolute Gasteiger partial charge is 0.279 e. The standard InChI is InChI=1S/C21H19N3O5/c1-14(29-18-11-9-17(10-12-18)24(27)28)21(26)23-22-20(25)13-16-7-4-6-15-5-2-3-8-19(15)16/h2-12,14H,13H2,1H3,(H,22,25)(H,23,26). The second kappa shape index (κ2) is 8.83. The Balaban J connectivity index is 1.52. The first-order valence-electron chi connectivity index (χ1n) is 8.90. The number of nitro groups is 1. The number of hydrogen-bond acceptors (Lipinski definition) is 5. The Labute approximate surface area is 166 Å². The van der Waals surface area contributed by atoms with Crippen LogP contribution in [0.3, 0.4) is 0 Å². The lowest BCUT2D eigenvalue weighted by Gasteiger charge is -2.15. The van der Waals surface area contributed by atoms with Crippen molar-refractivity contribution in [2.75, 3.05) is 0 Å². The van der Waals surface area contributed by atoms with Crippen LogP contribution < -0.4 is 15.6 Å². The highest BCUT2D eigenvalue weighted by Gasteiger charge is 2.16. The zero-order chi connectivity index (χ0) is 20.8. The van der Waals surface area contributed by atoms with Crippen molar-refractivity contribution in [2.45, 2.75) is 19.4 Å². The summed E-state index contributed by atoms with van der Waals surface area (Å²) < 4.78 is 5.43. The predicted molar refractivity (Wildman–Crippen MR) is 107 cm³/mol. The molecule has 0 heterocycles. The van der Waals surface area contributed by atoms with Gasteiger partial charge >= 0.3 is 0 Å². The number of rotatable bonds is 6. The minimum atomic E-state index is -0.908. The number of benzene rings is 3. The van der Waals surface area contributed by atoms with Gasteiger partial charge in [-0.3, -0.25) is 30.6 Å². The van der Waals surface area contributed by atoms with E-state index in [9.17, 15) is 19.7 Å². The molecule has 0 saturated heterocycles. The fourth-order valence-electron chi connectivity index (χ4n) is 2.80. The van der Waals surface area contributed by atoms with E-state index in [0.29, 0.717) is 5.75 Å². The number of hydrazine groups is 1. The minimum Gasteiger partial charge on any atom is -0.481 e. The number of carbonyl (C=O) groups is 2. The van der Waals surface area contributed by atoms with Crippen molar-refractivity contribution in [3.8, 4) is 5.75 Å². The zero-order valence-corrected chi connectivity index (χ0v) is 15.6. The van der Waals surface area contributed by atoms with Crippen molar-refractivity contribution in [2.24, 2.45) is 0 Å². The van der Waals surface area contributed by atoms with E-state index in [-0.39, 0.29) is 18.0 Å². The van der Waals surface area contributed by atoms with Crippen LogP contribution in [0.25, 0.3) is 10.8 Å². The maximum atomic E-state index is 12.2. The second-order valence-corrected chi connectivity index (χ2v) is 6.36. The summed E-state index contributed by atoms with van der Waals surface area (Å²) >= 11 is 0. The van der Waals surface area contributed by atoms with Gasteiger partial charge in [0.05, 0.1) is 11.3 Å². The molecule has 0 aromatic heterocycles. The summed E-state index contributed by atoms with van der Waals surface area (Å²) in [5.74, 6) is -0.604. The molecule has 3 aromatic carbocycles. The zero-order valence-electron chi connectivity index (χ0n) is 15.6. The number of nitrogens with zero attached hydrogens (tertiary/aromatic N) is 1. The van der Waals surface area contributed by atoms with Crippen LogP contribution >= 0.6 is 0 Å². The Morgan fingerprint density at radius 3 is 2.41 bits per heavy atom. The van der Waals surface area contributed by atoms with Gasteiger partial charge in [-0.25, -0.2) is 0 Å². The van der Waals surface area contributed by atoms with Gasteiger partial charge in [-0.05, 0) is 35.4 Å². The van der Waals surface area contributed by atoms with Crippen LogP contribution in [0.2, 0.25) is 0 Å². The average molecular weight is 393 g/mol. The number of nitro benzene ring substituents is 1. The Hall–Kier alpha value is -3.94. The highest BCUT2D eigenvalue weighted by atomic mass is 16.6. The summed E-state index contributed by atoms with van der Waals surface area (Å²) in [6.45, 7) is 1.51. The average Bonchev–Trinajstić information content (AvgIpc) is 2.72. The van der Waals surface area contributed by atoms with Gasteiger partial charge in [0, 0.05) is 12.1 Å². The second-order valence-electron chi connectivity index (χ2n) is 6.36. The van der Waals surface area contributed by atoms with Crippen molar-refractivity contribution in [3.05, 3.63) is 82.4 Å². The molecule has 0 saturated carbocycles. The molecule has 0 radical (unpaired) electrons. The molecule has 0 aliphatic heterocycles. The molecule has 8 nitrogen and oxygen atoms in total. The highest BCUT2D eigenvalue weighted by molar-refractivity contribution is 5.91. The maximum Gasteiger partial charge on any atom is 0.279 e. The number of nitrogens with one attached hydrogen (secondary N) is 2. The van der Waals surface area contributed by atoms with Gasteiger partial charge in [0.15, 0.2) is 6.10 Å². The molecule has 0 aliphatic rings. The molecule has 0 bridgehead atoms. The van der Waals surface area contributed by atoms with Crippen LogP contribution in [0.1, 0.15) is 12.5 Å². The van der Waals surface area contributed by atoms with Gasteiger partial charge in [-0.1, -0.05) is 42.5 Å². The van der Waals surface area contributed by atoms with Crippen LogP contribution in [0.5, 0.6) is 5.75 Å². The van der Waals surface area contributed by atoms with Gasteiger partial charge in [0.25, 0.3) is 11.6 Å². The summed E-state index contributed by atoms with van der Waals surface area (Å²) in [5, 5.41) is 12.7. The predicted octanol–water partition coefficient (Wildman–Crippen LogP) is 2.91. The van der Waals surface area contributed by atoms with Crippen LogP contribution in [0.4, 0.5) is 5.69 Å². The number of amides is 2. The van der Waals surface area contributed by atoms with Gasteiger partial charge in [-0.15, -0.1) is 0 Å². The van der Waals surface area contributed by atoms with Gasteiger partial charge < -0.3 is 4.74 Å². The number of ether oxygens (including phenoxy) is 1. The Morgan fingerprint density at radius 1 is 1.00 bits per heavy atom. The van der Waals surface area contributed by atoms with Crippen molar-refractivity contribution < 1.29 is 19.2 Å². The Bertz CT molecular complexity index is 1040. The van der Waals surface area contributed by atoms with Crippen molar-refractivity contribution >= 4 is 28.3 Å². The third kappa shape index (κ3) is 5.07. The SMILES string of the molecule is CC(Oc1ccc([N+](=O)[O-])cc1)C(=O)NNC(=O)Cc1cccc2ccccc12. The third-order valence-electron chi connectivity index (χ3n) is 4.29. The number of fused-ring (bicyclic) bond motifs is 1. The molecule has 8 heteroatoms. The van der Waals surface area contributed by atoms with E-state index in [1.165, 1.54) is 31.2 Å². The highest BCUT2D eigenvalue weighted by Crippen LogP contribution is 2.19. The fraction of sp³-hybridized carbons (Fsp3) is 0.143. The van der Waals surface area contributed by atoms with E-state index in [1.54, 1.807) is 0 Å². The molecular formula is C21H19N3O5. The Kier molecular flexibility index (Phi) is 6.03. The first kappa shape index (κ1) is 19.8. The number of carbonyl (C=O) groups excluding carboxylic acids is 2. The maximum absolute atomic E-state index is 12.2. The molecule has 0 aliphatic carbocycles. The van der Waals surface area contributed by atoms with Crippen molar-refractivity contribution in [1.29, 1.82) is 0 Å². The van der Waals surface area contributed by atoms with Gasteiger partial charge in [0.1, 0.15) is 5.75 Å². The third-order valence-corrected chi connectivity index (χ3v) is 4.29. The number of non-ortho nitro benzene ring substituents is 1. The Morgan fingerprint density at radius 2 is 1.69 bits per heavy atom. The summed E-state index contributed by atoms with van der Waals surface area (Å²) in [5.41, 5.74) is 5.49. The molecule has 0 spiro atoms. The van der Waals surface area contributed by atoms with E-state index in [2.05, 4.69) is 10.9 Å². The first-order chi connectivity index (χ1) is 13.9. The monoisotopic (exact) mass is 393 g/mol. The molecule has 2 N–H and O–H groups in total. The van der Waals surface area contributed by atoms with E-state index < -0.39 is 16.9 Å². The van der Waals surface area contributed by atoms with Crippen LogP contribution in [-0.2, 0) is 16.0 Å². The van der Waals surface area contributed by atoms with E-state index in [0.717, 1.165) is 16.3 Å². The molecule has 3 rings (SSSR count). The molecular weight excluding hydrogens is 374 g/mol. The van der Waals surface area contributed by atoms with E-state index in [4.69, 9.17) is 4.74 Å². The molecule has 0 fully saturated rings. The molecule has 148 valence electrons.